The van der Waals surface area contributed by atoms with E-state index in [1.54, 1.807) is 11.3 Å². The first-order chi connectivity index (χ1) is 13.8. The molecule has 1 aliphatic heterocycles. The molecule has 1 atom stereocenters. The zero-order chi connectivity index (χ0) is 21.0. The van der Waals surface area contributed by atoms with E-state index in [0.717, 1.165) is 30.8 Å². The first-order valence-electron chi connectivity index (χ1n) is 10.00. The highest BCUT2D eigenvalue weighted by Gasteiger charge is 2.25. The SMILES string of the molecule is C=Cc1sc(C#CC(C)(C)C)cc1N(C)C1CCN(S(=C)c2cccnc2)CC1. The molecule has 1 aliphatic rings. The normalized spacial score (nSPS) is 16.7. The molecular formula is C24H31N3S2. The summed E-state index contributed by atoms with van der Waals surface area (Å²) >= 11 is 1.74. The smallest absolute Gasteiger partial charge is 0.0796 e. The van der Waals surface area contributed by atoms with Crippen LogP contribution >= 0.6 is 22.0 Å². The third-order valence-electron chi connectivity index (χ3n) is 5.06. The van der Waals surface area contributed by atoms with Crippen LogP contribution in [0.25, 0.3) is 6.08 Å². The van der Waals surface area contributed by atoms with E-state index in [1.807, 2.05) is 24.5 Å². The minimum atomic E-state index is -0.136. The highest BCUT2D eigenvalue weighted by Crippen LogP contribution is 2.36. The first kappa shape index (κ1) is 21.8. The summed E-state index contributed by atoms with van der Waals surface area (Å²) in [6.07, 6.45) is 7.98. The van der Waals surface area contributed by atoms with Crippen molar-refractivity contribution in [3.63, 3.8) is 0 Å². The van der Waals surface area contributed by atoms with Crippen LogP contribution in [0, 0.1) is 17.3 Å². The molecule has 5 heteroatoms. The van der Waals surface area contributed by atoms with Crippen molar-refractivity contribution < 1.29 is 0 Å². The molecule has 0 bridgehead atoms. The Morgan fingerprint density at radius 2 is 2.07 bits per heavy atom. The standard InChI is InChI=1S/C24H31N3S2/c1-7-23-22(17-20(28-23)10-13-24(2,3)4)26(5)19-11-15-27(16-12-19)29(6)21-9-8-14-25-18-21/h7-9,14,17-19H,1,6,11-12,15-16H2,2-5H3. The summed E-state index contributed by atoms with van der Waals surface area (Å²) in [7, 11) is 2.07. The third-order valence-corrected chi connectivity index (χ3v) is 7.87. The highest BCUT2D eigenvalue weighted by atomic mass is 32.2. The molecule has 0 aliphatic carbocycles. The largest absolute Gasteiger partial charge is 0.370 e. The molecule has 0 spiro atoms. The van der Waals surface area contributed by atoms with Gasteiger partial charge in [-0.15, -0.1) is 11.3 Å². The van der Waals surface area contributed by atoms with E-state index in [0.29, 0.717) is 6.04 Å². The predicted octanol–water partition coefficient (Wildman–Crippen LogP) is 5.76. The van der Waals surface area contributed by atoms with Crippen LogP contribution in [0.1, 0.15) is 43.4 Å². The number of anilines is 1. The number of pyridine rings is 1. The molecule has 3 rings (SSSR count). The first-order valence-corrected chi connectivity index (χ1v) is 12.2. The number of rotatable bonds is 5. The Balaban J connectivity index is 1.68. The lowest BCUT2D eigenvalue weighted by Gasteiger charge is -2.38. The van der Waals surface area contributed by atoms with Crippen molar-refractivity contribution in [3.05, 3.63) is 46.9 Å². The number of hydrogen-bond donors (Lipinski definition) is 0. The molecule has 3 heterocycles. The zero-order valence-electron chi connectivity index (χ0n) is 17.9. The third kappa shape index (κ3) is 5.60. The van der Waals surface area contributed by atoms with Gasteiger partial charge in [0.25, 0.3) is 0 Å². The van der Waals surface area contributed by atoms with Gasteiger partial charge in [-0.2, -0.15) is 0 Å². The van der Waals surface area contributed by atoms with Crippen molar-refractivity contribution in [1.82, 2.24) is 9.29 Å². The molecule has 3 nitrogen and oxygen atoms in total. The fraction of sp³-hybridized carbons (Fsp3) is 0.417. The molecule has 0 amide bonds. The van der Waals surface area contributed by atoms with Crippen LogP contribution in [0.3, 0.4) is 0 Å². The number of nitrogens with zero attached hydrogens (tertiary/aromatic N) is 3. The molecule has 1 unspecified atom stereocenters. The molecule has 2 aromatic heterocycles. The van der Waals surface area contributed by atoms with Crippen LogP contribution in [-0.2, 0) is 0 Å². The Labute approximate surface area is 182 Å². The maximum atomic E-state index is 4.40. The Morgan fingerprint density at radius 1 is 1.34 bits per heavy atom. The van der Waals surface area contributed by atoms with Gasteiger partial charge in [-0.1, -0.05) is 41.0 Å². The Kier molecular flexibility index (Phi) is 7.00. The summed E-state index contributed by atoms with van der Waals surface area (Å²) < 4.78 is 2.49. The van der Waals surface area contributed by atoms with Crippen LogP contribution in [0.15, 0.2) is 42.1 Å². The van der Waals surface area contributed by atoms with Crippen LogP contribution in [0.4, 0.5) is 5.69 Å². The van der Waals surface area contributed by atoms with Crippen LogP contribution in [0.5, 0.6) is 0 Å². The van der Waals surface area contributed by atoms with Gasteiger partial charge in [0, 0.05) is 48.9 Å². The van der Waals surface area contributed by atoms with Crippen molar-refractivity contribution >= 4 is 39.6 Å². The van der Waals surface area contributed by atoms with Gasteiger partial charge in [0.05, 0.1) is 15.4 Å². The van der Waals surface area contributed by atoms with E-state index in [1.165, 1.54) is 15.5 Å². The summed E-state index contributed by atoms with van der Waals surface area (Å²) in [4.78, 5) is 10.2. The predicted molar refractivity (Wildman–Crippen MR) is 131 cm³/mol. The second-order valence-corrected chi connectivity index (χ2v) is 11.2. The quantitative estimate of drug-likeness (QED) is 0.448. The van der Waals surface area contributed by atoms with Gasteiger partial charge in [-0.3, -0.25) is 9.29 Å². The molecule has 29 heavy (non-hydrogen) atoms. The molecule has 154 valence electrons. The Bertz CT molecular complexity index is 921. The minimum absolute atomic E-state index is 0.0109. The topological polar surface area (TPSA) is 19.4 Å². The molecule has 0 aromatic carbocycles. The van der Waals surface area contributed by atoms with Crippen molar-refractivity contribution in [2.75, 3.05) is 25.0 Å². The van der Waals surface area contributed by atoms with E-state index >= 15 is 0 Å². The van der Waals surface area contributed by atoms with Crippen molar-refractivity contribution in [2.45, 2.75) is 44.6 Å². The summed E-state index contributed by atoms with van der Waals surface area (Å²) in [5, 5.41) is 0. The summed E-state index contributed by atoms with van der Waals surface area (Å²) in [6, 6.07) is 6.88. The van der Waals surface area contributed by atoms with Gasteiger partial charge in [-0.25, -0.2) is 0 Å². The van der Waals surface area contributed by atoms with Gasteiger partial charge in [0.15, 0.2) is 0 Å². The molecule has 0 radical (unpaired) electrons. The van der Waals surface area contributed by atoms with Gasteiger partial charge in [0.2, 0.25) is 0 Å². The number of thiophene rings is 1. The highest BCUT2D eigenvalue weighted by molar-refractivity contribution is 8.12. The Hall–Kier alpha value is -1.87. The van der Waals surface area contributed by atoms with Gasteiger partial charge >= 0.3 is 0 Å². The second kappa shape index (κ2) is 9.30. The van der Waals surface area contributed by atoms with E-state index < -0.39 is 0 Å². The van der Waals surface area contributed by atoms with E-state index in [-0.39, 0.29) is 16.1 Å². The molecule has 0 saturated carbocycles. The van der Waals surface area contributed by atoms with Crippen molar-refractivity contribution in [2.24, 2.45) is 5.41 Å². The monoisotopic (exact) mass is 425 g/mol. The summed E-state index contributed by atoms with van der Waals surface area (Å²) in [5.41, 5.74) is 1.26. The minimum Gasteiger partial charge on any atom is -0.370 e. The van der Waals surface area contributed by atoms with Crippen LogP contribution in [-0.4, -0.2) is 41.3 Å². The average molecular weight is 426 g/mol. The summed E-state index contributed by atoms with van der Waals surface area (Å²) in [5.74, 6) is 11.1. The lowest BCUT2D eigenvalue weighted by atomic mass is 9.98. The maximum absolute atomic E-state index is 4.40. The molecular weight excluding hydrogens is 394 g/mol. The average Bonchev–Trinajstić information content (AvgIpc) is 3.15. The van der Waals surface area contributed by atoms with Crippen molar-refractivity contribution in [1.29, 1.82) is 0 Å². The van der Waals surface area contributed by atoms with E-state index in [4.69, 9.17) is 0 Å². The number of aromatic nitrogens is 1. The zero-order valence-corrected chi connectivity index (χ0v) is 19.6. The van der Waals surface area contributed by atoms with E-state index in [9.17, 15) is 0 Å². The molecule has 0 N–H and O–H groups in total. The lowest BCUT2D eigenvalue weighted by molar-refractivity contribution is 0.338. The number of hydrogen-bond acceptors (Lipinski definition) is 4. The molecule has 1 saturated heterocycles. The van der Waals surface area contributed by atoms with Gasteiger partial charge < -0.3 is 4.90 Å². The fourth-order valence-corrected chi connectivity index (χ4v) is 5.68. The van der Waals surface area contributed by atoms with Gasteiger partial charge in [-0.05, 0) is 51.8 Å². The van der Waals surface area contributed by atoms with Crippen molar-refractivity contribution in [3.8, 4) is 11.8 Å². The van der Waals surface area contributed by atoms with Gasteiger partial charge in [0.1, 0.15) is 0 Å². The summed E-state index contributed by atoms with van der Waals surface area (Å²) in [6.45, 7) is 12.6. The molecule has 2 aromatic rings. The van der Waals surface area contributed by atoms with Crippen LogP contribution in [0.2, 0.25) is 0 Å². The lowest BCUT2D eigenvalue weighted by Crippen LogP contribution is -2.41. The Morgan fingerprint density at radius 3 is 2.66 bits per heavy atom. The van der Waals surface area contributed by atoms with E-state index in [2.05, 4.69) is 78.4 Å². The number of piperidine rings is 1. The van der Waals surface area contributed by atoms with Crippen LogP contribution < -0.4 is 4.90 Å². The second-order valence-electron chi connectivity index (χ2n) is 8.39. The molecule has 1 fully saturated rings. The maximum Gasteiger partial charge on any atom is 0.0796 e. The fourth-order valence-electron chi connectivity index (χ4n) is 3.41.